The van der Waals surface area contributed by atoms with Crippen molar-refractivity contribution in [2.24, 2.45) is 0 Å². The number of aromatic nitrogens is 3. The molecule has 1 heterocycles. The molecule has 1 aromatic carbocycles. The fourth-order valence-electron chi connectivity index (χ4n) is 1.45. The second-order valence-electron chi connectivity index (χ2n) is 3.60. The summed E-state index contributed by atoms with van der Waals surface area (Å²) in [6, 6.07) is 4.55. The van der Waals surface area contributed by atoms with E-state index in [0.29, 0.717) is 0 Å². The van der Waals surface area contributed by atoms with Crippen molar-refractivity contribution in [1.82, 2.24) is 15.0 Å². The zero-order chi connectivity index (χ0) is 13.3. The number of nitro benzene ring substituents is 1. The molecule has 1 aromatic heterocycles. The molecule has 92 valence electrons. The smallest absolute Gasteiger partial charge is 0.358 e. The Hall–Kier alpha value is -2.77. The minimum atomic E-state index is -1.24. The molecular formula is C10H8N4O4. The summed E-state index contributed by atoms with van der Waals surface area (Å²) >= 11 is 0. The van der Waals surface area contributed by atoms with Gasteiger partial charge >= 0.3 is 5.97 Å². The van der Waals surface area contributed by atoms with Crippen LogP contribution in [0, 0.1) is 17.0 Å². The quantitative estimate of drug-likeness (QED) is 0.644. The van der Waals surface area contributed by atoms with Crippen molar-refractivity contribution in [3.8, 4) is 5.69 Å². The first-order chi connectivity index (χ1) is 8.49. The second-order valence-corrected chi connectivity index (χ2v) is 3.60. The normalized spacial score (nSPS) is 10.3. The zero-order valence-corrected chi connectivity index (χ0v) is 9.27. The number of hydrogen-bond donors (Lipinski definition) is 1. The predicted molar refractivity (Wildman–Crippen MR) is 59.7 cm³/mol. The summed E-state index contributed by atoms with van der Waals surface area (Å²) in [5.74, 6) is -1.24. The van der Waals surface area contributed by atoms with Crippen LogP contribution in [-0.4, -0.2) is 31.0 Å². The van der Waals surface area contributed by atoms with E-state index in [-0.39, 0.29) is 17.1 Å². The molecule has 1 N–H and O–H groups in total. The van der Waals surface area contributed by atoms with Gasteiger partial charge in [-0.2, -0.15) is 0 Å². The van der Waals surface area contributed by atoms with Gasteiger partial charge < -0.3 is 5.11 Å². The SMILES string of the molecule is Cc1ccc(-n2cc(C(=O)O)nn2)c([N+](=O)[O-])c1. The van der Waals surface area contributed by atoms with Gasteiger partial charge in [-0.3, -0.25) is 10.1 Å². The minimum Gasteiger partial charge on any atom is -0.476 e. The number of carboxylic acids is 1. The first-order valence-electron chi connectivity index (χ1n) is 4.90. The third kappa shape index (κ3) is 2.03. The van der Waals surface area contributed by atoms with Crippen molar-refractivity contribution in [2.75, 3.05) is 0 Å². The van der Waals surface area contributed by atoms with Crippen LogP contribution in [0.15, 0.2) is 24.4 Å². The van der Waals surface area contributed by atoms with Crippen LogP contribution < -0.4 is 0 Å². The van der Waals surface area contributed by atoms with Crippen LogP contribution in [0.3, 0.4) is 0 Å². The maximum atomic E-state index is 10.9. The lowest BCUT2D eigenvalue weighted by Gasteiger charge is -2.02. The largest absolute Gasteiger partial charge is 0.476 e. The van der Waals surface area contributed by atoms with Gasteiger partial charge in [0, 0.05) is 6.07 Å². The summed E-state index contributed by atoms with van der Waals surface area (Å²) in [5, 5.41) is 26.6. The molecule has 0 amide bonds. The van der Waals surface area contributed by atoms with E-state index in [1.165, 1.54) is 12.1 Å². The lowest BCUT2D eigenvalue weighted by molar-refractivity contribution is -0.384. The molecule has 8 heteroatoms. The Kier molecular flexibility index (Phi) is 2.76. The topological polar surface area (TPSA) is 111 Å². The highest BCUT2D eigenvalue weighted by molar-refractivity contribution is 5.84. The number of nitrogens with zero attached hydrogens (tertiary/aromatic N) is 4. The standard InChI is InChI=1S/C10H8N4O4/c1-6-2-3-8(9(4-6)14(17)18)13-5-7(10(15)16)11-12-13/h2-5H,1H3,(H,15,16). The number of nitro groups is 1. The second kappa shape index (κ2) is 4.24. The number of carboxylic acid groups (broad SMARTS) is 1. The van der Waals surface area contributed by atoms with E-state index >= 15 is 0 Å². The average molecular weight is 248 g/mol. The van der Waals surface area contributed by atoms with Crippen molar-refractivity contribution in [3.05, 3.63) is 45.8 Å². The van der Waals surface area contributed by atoms with E-state index < -0.39 is 10.9 Å². The average Bonchev–Trinajstić information content (AvgIpc) is 2.78. The molecule has 0 unspecified atom stereocenters. The van der Waals surface area contributed by atoms with Gasteiger partial charge in [-0.05, 0) is 18.6 Å². The van der Waals surface area contributed by atoms with Crippen LogP contribution in [0.2, 0.25) is 0 Å². The van der Waals surface area contributed by atoms with Crippen LogP contribution in [0.25, 0.3) is 5.69 Å². The Bertz CT molecular complexity index is 635. The fourth-order valence-corrected chi connectivity index (χ4v) is 1.45. The molecule has 0 aliphatic rings. The molecule has 2 rings (SSSR count). The van der Waals surface area contributed by atoms with Crippen molar-refractivity contribution >= 4 is 11.7 Å². The van der Waals surface area contributed by atoms with Crippen LogP contribution in [0.5, 0.6) is 0 Å². The summed E-state index contributed by atoms with van der Waals surface area (Å²) in [7, 11) is 0. The highest BCUT2D eigenvalue weighted by Gasteiger charge is 2.18. The Morgan fingerprint density at radius 3 is 2.78 bits per heavy atom. The molecule has 0 bridgehead atoms. The van der Waals surface area contributed by atoms with Crippen LogP contribution in [-0.2, 0) is 0 Å². The van der Waals surface area contributed by atoms with Crippen LogP contribution in [0.4, 0.5) is 5.69 Å². The van der Waals surface area contributed by atoms with Gasteiger partial charge in [-0.1, -0.05) is 11.3 Å². The van der Waals surface area contributed by atoms with Crippen molar-refractivity contribution < 1.29 is 14.8 Å². The molecule has 0 atom stereocenters. The van der Waals surface area contributed by atoms with Gasteiger partial charge in [0.1, 0.15) is 5.69 Å². The summed E-state index contributed by atoms with van der Waals surface area (Å²) in [6.07, 6.45) is 1.12. The summed E-state index contributed by atoms with van der Waals surface area (Å²) < 4.78 is 1.07. The fraction of sp³-hybridized carbons (Fsp3) is 0.100. The molecule has 8 nitrogen and oxygen atoms in total. The molecule has 0 fully saturated rings. The molecule has 0 aliphatic heterocycles. The highest BCUT2D eigenvalue weighted by atomic mass is 16.6. The maximum Gasteiger partial charge on any atom is 0.358 e. The number of hydrogen-bond acceptors (Lipinski definition) is 5. The maximum absolute atomic E-state index is 10.9. The lowest BCUT2D eigenvalue weighted by atomic mass is 10.2. The number of aryl methyl sites for hydroxylation is 1. The van der Waals surface area contributed by atoms with Gasteiger partial charge in [-0.25, -0.2) is 9.48 Å². The van der Waals surface area contributed by atoms with E-state index in [9.17, 15) is 14.9 Å². The Morgan fingerprint density at radius 1 is 1.50 bits per heavy atom. The zero-order valence-electron chi connectivity index (χ0n) is 9.27. The third-order valence-corrected chi connectivity index (χ3v) is 2.29. The van der Waals surface area contributed by atoms with E-state index in [1.54, 1.807) is 13.0 Å². The van der Waals surface area contributed by atoms with Gasteiger partial charge in [-0.15, -0.1) is 5.10 Å². The molecular weight excluding hydrogens is 240 g/mol. The van der Waals surface area contributed by atoms with Crippen molar-refractivity contribution in [2.45, 2.75) is 6.92 Å². The molecule has 0 saturated carbocycles. The minimum absolute atomic E-state index is 0.156. The van der Waals surface area contributed by atoms with E-state index in [0.717, 1.165) is 16.4 Å². The number of benzene rings is 1. The predicted octanol–water partition coefficient (Wildman–Crippen LogP) is 1.18. The van der Waals surface area contributed by atoms with Crippen LogP contribution in [0.1, 0.15) is 16.1 Å². The monoisotopic (exact) mass is 248 g/mol. The Labute approximate surface area is 101 Å². The van der Waals surface area contributed by atoms with E-state index in [2.05, 4.69) is 10.3 Å². The first-order valence-corrected chi connectivity index (χ1v) is 4.90. The van der Waals surface area contributed by atoms with Gasteiger partial charge in [0.25, 0.3) is 5.69 Å². The van der Waals surface area contributed by atoms with E-state index in [4.69, 9.17) is 5.11 Å². The Balaban J connectivity index is 2.55. The lowest BCUT2D eigenvalue weighted by Crippen LogP contribution is -2.01. The Morgan fingerprint density at radius 2 is 2.22 bits per heavy atom. The van der Waals surface area contributed by atoms with Gasteiger partial charge in [0.05, 0.1) is 11.1 Å². The van der Waals surface area contributed by atoms with E-state index in [1.807, 2.05) is 0 Å². The molecule has 0 saturated heterocycles. The highest BCUT2D eigenvalue weighted by Crippen LogP contribution is 2.23. The summed E-state index contributed by atoms with van der Waals surface area (Å²) in [4.78, 5) is 21.0. The van der Waals surface area contributed by atoms with Gasteiger partial charge in [0.2, 0.25) is 0 Å². The summed E-state index contributed by atoms with van der Waals surface area (Å²) in [6.45, 7) is 1.72. The molecule has 0 radical (unpaired) electrons. The molecule has 2 aromatic rings. The number of aromatic carboxylic acids is 1. The van der Waals surface area contributed by atoms with Gasteiger partial charge in [0.15, 0.2) is 5.69 Å². The molecule has 18 heavy (non-hydrogen) atoms. The molecule has 0 spiro atoms. The summed E-state index contributed by atoms with van der Waals surface area (Å²) in [5.41, 5.74) is 0.469. The van der Waals surface area contributed by atoms with Crippen molar-refractivity contribution in [3.63, 3.8) is 0 Å². The van der Waals surface area contributed by atoms with Crippen LogP contribution >= 0.6 is 0 Å². The van der Waals surface area contributed by atoms with Crippen molar-refractivity contribution in [1.29, 1.82) is 0 Å². The number of carbonyl (C=O) groups is 1. The molecule has 0 aliphatic carbocycles. The first kappa shape index (κ1) is 11.7. The number of rotatable bonds is 3. The third-order valence-electron chi connectivity index (χ3n) is 2.29.